The number of likely N-dealkylation sites (tertiary alicyclic amines) is 1. The maximum atomic E-state index is 13.1. The lowest BCUT2D eigenvalue weighted by Crippen LogP contribution is -2.41. The highest BCUT2D eigenvalue weighted by Crippen LogP contribution is 2.33. The van der Waals surface area contributed by atoms with Crippen molar-refractivity contribution in [2.24, 2.45) is 5.92 Å². The first-order chi connectivity index (χ1) is 13.7. The molecule has 148 valence electrons. The molecule has 2 aromatic rings. The van der Waals surface area contributed by atoms with Crippen LogP contribution in [0.15, 0.2) is 42.5 Å². The Labute approximate surface area is 166 Å². The van der Waals surface area contributed by atoms with E-state index < -0.39 is 0 Å². The first-order valence-electron chi connectivity index (χ1n) is 10.0. The lowest BCUT2D eigenvalue weighted by Gasteiger charge is -2.28. The average molecular weight is 380 g/mol. The van der Waals surface area contributed by atoms with Gasteiger partial charge in [0.2, 0.25) is 5.91 Å². The third kappa shape index (κ3) is 3.75. The Balaban J connectivity index is 1.54. The number of hydrogen-bond acceptors (Lipinski definition) is 5. The molecule has 6 heteroatoms. The number of rotatable bonds is 5. The van der Waals surface area contributed by atoms with Crippen molar-refractivity contribution in [2.75, 3.05) is 20.2 Å². The van der Waals surface area contributed by atoms with E-state index >= 15 is 0 Å². The second-order valence-corrected chi connectivity index (χ2v) is 7.65. The highest BCUT2D eigenvalue weighted by molar-refractivity contribution is 5.80. The zero-order valence-electron chi connectivity index (χ0n) is 16.5. The molecule has 2 N–H and O–H groups in total. The Morgan fingerprint density at radius 2 is 2.11 bits per heavy atom. The second kappa shape index (κ2) is 8.29. The molecule has 2 fully saturated rings. The molecule has 6 nitrogen and oxygen atoms in total. The standard InChI is InChI=1S/C22H28N4O2/c1-15-18(14-23-25-15)22(27)26-12-6-10-20(26)19-9-5-8-17(24-19)13-16-7-3-4-11-21(16)28-2/h3-5,7-9,11,15,18,20,23,25H,6,10,12-14H2,1-2H3. The lowest BCUT2D eigenvalue weighted by atomic mass is 10.0. The number of hydrazine groups is 1. The monoisotopic (exact) mass is 380 g/mol. The zero-order chi connectivity index (χ0) is 19.5. The van der Waals surface area contributed by atoms with Gasteiger partial charge in [0.05, 0.1) is 24.8 Å². The van der Waals surface area contributed by atoms with Gasteiger partial charge in [-0.25, -0.2) is 0 Å². The summed E-state index contributed by atoms with van der Waals surface area (Å²) in [6.45, 7) is 3.55. The lowest BCUT2D eigenvalue weighted by molar-refractivity contribution is -0.136. The molecule has 0 spiro atoms. The van der Waals surface area contributed by atoms with E-state index in [2.05, 4.69) is 36.0 Å². The van der Waals surface area contributed by atoms with Crippen molar-refractivity contribution in [3.05, 3.63) is 59.4 Å². The summed E-state index contributed by atoms with van der Waals surface area (Å²) in [6.07, 6.45) is 2.71. The molecule has 0 saturated carbocycles. The summed E-state index contributed by atoms with van der Waals surface area (Å²) in [6, 6.07) is 14.4. The fourth-order valence-corrected chi connectivity index (χ4v) is 4.29. The molecule has 1 aromatic carbocycles. The first kappa shape index (κ1) is 18.9. The van der Waals surface area contributed by atoms with Crippen LogP contribution in [0.25, 0.3) is 0 Å². The number of ether oxygens (including phenoxy) is 1. The van der Waals surface area contributed by atoms with Crippen LogP contribution in [0.4, 0.5) is 0 Å². The van der Waals surface area contributed by atoms with Gasteiger partial charge in [-0.3, -0.25) is 20.6 Å². The molecule has 0 bridgehead atoms. The second-order valence-electron chi connectivity index (χ2n) is 7.65. The topological polar surface area (TPSA) is 66.5 Å². The minimum atomic E-state index is -0.0163. The third-order valence-corrected chi connectivity index (χ3v) is 5.84. The molecule has 3 unspecified atom stereocenters. The van der Waals surface area contributed by atoms with Gasteiger partial charge in [0, 0.05) is 36.8 Å². The van der Waals surface area contributed by atoms with Crippen LogP contribution in [0.1, 0.15) is 42.8 Å². The Morgan fingerprint density at radius 3 is 2.89 bits per heavy atom. The highest BCUT2D eigenvalue weighted by atomic mass is 16.5. The van der Waals surface area contributed by atoms with Crippen LogP contribution in [0.5, 0.6) is 5.75 Å². The molecule has 0 radical (unpaired) electrons. The third-order valence-electron chi connectivity index (χ3n) is 5.84. The van der Waals surface area contributed by atoms with E-state index in [-0.39, 0.29) is 23.9 Å². The maximum absolute atomic E-state index is 13.1. The predicted octanol–water partition coefficient (Wildman–Crippen LogP) is 2.46. The molecule has 3 atom stereocenters. The van der Waals surface area contributed by atoms with E-state index in [0.29, 0.717) is 13.0 Å². The molecule has 2 aliphatic heterocycles. The van der Waals surface area contributed by atoms with Gasteiger partial charge >= 0.3 is 0 Å². The summed E-state index contributed by atoms with van der Waals surface area (Å²) in [7, 11) is 1.69. The van der Waals surface area contributed by atoms with Gasteiger partial charge in [-0.2, -0.15) is 0 Å². The van der Waals surface area contributed by atoms with Crippen molar-refractivity contribution in [1.29, 1.82) is 0 Å². The molecule has 1 amide bonds. The molecule has 4 rings (SSSR count). The molecule has 2 aliphatic rings. The molecule has 2 saturated heterocycles. The van der Waals surface area contributed by atoms with Gasteiger partial charge in [-0.15, -0.1) is 0 Å². The summed E-state index contributed by atoms with van der Waals surface area (Å²) < 4.78 is 5.47. The number of carbonyl (C=O) groups is 1. The van der Waals surface area contributed by atoms with E-state index in [1.54, 1.807) is 7.11 Å². The smallest absolute Gasteiger partial charge is 0.229 e. The molecular weight excluding hydrogens is 352 g/mol. The van der Waals surface area contributed by atoms with E-state index in [4.69, 9.17) is 9.72 Å². The predicted molar refractivity (Wildman–Crippen MR) is 108 cm³/mol. The fraction of sp³-hybridized carbons (Fsp3) is 0.455. The van der Waals surface area contributed by atoms with Gasteiger partial charge < -0.3 is 9.64 Å². The Hall–Kier alpha value is -2.44. The molecule has 28 heavy (non-hydrogen) atoms. The fourth-order valence-electron chi connectivity index (χ4n) is 4.29. The van der Waals surface area contributed by atoms with Crippen molar-refractivity contribution in [3.8, 4) is 5.75 Å². The van der Waals surface area contributed by atoms with E-state index in [1.807, 2.05) is 29.2 Å². The number of hydrogen-bond donors (Lipinski definition) is 2. The number of nitrogens with one attached hydrogen (secondary N) is 2. The number of benzene rings is 1. The first-order valence-corrected chi connectivity index (χ1v) is 10.0. The summed E-state index contributed by atoms with van der Waals surface area (Å²) in [5, 5.41) is 0. The number of nitrogens with zero attached hydrogens (tertiary/aromatic N) is 2. The summed E-state index contributed by atoms with van der Waals surface area (Å²) >= 11 is 0. The van der Waals surface area contributed by atoms with Crippen LogP contribution in [0.3, 0.4) is 0 Å². The van der Waals surface area contributed by atoms with Crippen molar-refractivity contribution in [3.63, 3.8) is 0 Å². The Morgan fingerprint density at radius 1 is 1.25 bits per heavy atom. The van der Waals surface area contributed by atoms with Crippen LogP contribution in [0.2, 0.25) is 0 Å². The number of para-hydroxylation sites is 1. The van der Waals surface area contributed by atoms with Gasteiger partial charge in [0.25, 0.3) is 0 Å². The Bertz CT molecular complexity index is 841. The van der Waals surface area contributed by atoms with E-state index in [1.165, 1.54) is 0 Å². The van der Waals surface area contributed by atoms with Crippen LogP contribution < -0.4 is 15.6 Å². The molecule has 3 heterocycles. The quantitative estimate of drug-likeness (QED) is 0.834. The van der Waals surface area contributed by atoms with Gasteiger partial charge in [0.15, 0.2) is 0 Å². The van der Waals surface area contributed by atoms with Crippen LogP contribution >= 0.6 is 0 Å². The maximum Gasteiger partial charge on any atom is 0.229 e. The molecule has 0 aliphatic carbocycles. The Kier molecular flexibility index (Phi) is 5.59. The van der Waals surface area contributed by atoms with Crippen LogP contribution in [0, 0.1) is 5.92 Å². The van der Waals surface area contributed by atoms with Gasteiger partial charge in [-0.05, 0) is 38.0 Å². The summed E-state index contributed by atoms with van der Waals surface area (Å²) in [4.78, 5) is 20.1. The number of carbonyl (C=O) groups excluding carboxylic acids is 1. The minimum Gasteiger partial charge on any atom is -0.496 e. The van der Waals surface area contributed by atoms with Crippen molar-refractivity contribution in [1.82, 2.24) is 20.7 Å². The SMILES string of the molecule is COc1ccccc1Cc1cccc(C2CCCN2C(=O)C2CNNC2C)n1. The normalized spacial score (nSPS) is 24.5. The van der Waals surface area contributed by atoms with Crippen molar-refractivity contribution in [2.45, 2.75) is 38.3 Å². The van der Waals surface area contributed by atoms with Crippen LogP contribution in [-0.2, 0) is 11.2 Å². The highest BCUT2D eigenvalue weighted by Gasteiger charge is 2.38. The van der Waals surface area contributed by atoms with Crippen molar-refractivity contribution >= 4 is 5.91 Å². The number of amides is 1. The summed E-state index contributed by atoms with van der Waals surface area (Å²) in [5.74, 6) is 1.09. The molecule has 1 aromatic heterocycles. The van der Waals surface area contributed by atoms with Crippen molar-refractivity contribution < 1.29 is 9.53 Å². The summed E-state index contributed by atoms with van der Waals surface area (Å²) in [5.41, 5.74) is 9.36. The molecular formula is C22H28N4O2. The largest absolute Gasteiger partial charge is 0.496 e. The zero-order valence-corrected chi connectivity index (χ0v) is 16.5. The van der Waals surface area contributed by atoms with Gasteiger partial charge in [0.1, 0.15) is 5.75 Å². The number of pyridine rings is 1. The van der Waals surface area contributed by atoms with E-state index in [0.717, 1.165) is 42.1 Å². The van der Waals surface area contributed by atoms with Gasteiger partial charge in [-0.1, -0.05) is 24.3 Å². The minimum absolute atomic E-state index is 0.0163. The average Bonchev–Trinajstić information content (AvgIpc) is 3.37. The number of methoxy groups -OCH3 is 1. The van der Waals surface area contributed by atoms with Crippen LogP contribution in [-0.4, -0.2) is 42.0 Å². The number of aromatic nitrogens is 1. The van der Waals surface area contributed by atoms with E-state index in [9.17, 15) is 4.79 Å².